The minimum atomic E-state index is -0.196. The Labute approximate surface area is 128 Å². The van der Waals surface area contributed by atoms with Gasteiger partial charge in [-0.3, -0.25) is 14.0 Å². The van der Waals surface area contributed by atoms with Crippen LogP contribution in [-0.4, -0.2) is 15.4 Å². The van der Waals surface area contributed by atoms with Crippen molar-refractivity contribution in [3.8, 4) is 0 Å². The van der Waals surface area contributed by atoms with Crippen molar-refractivity contribution in [3.05, 3.63) is 46.0 Å². The average Bonchev–Trinajstić information content (AvgIpc) is 2.99. The second kappa shape index (κ2) is 6.30. The molecule has 0 unspecified atom stereocenters. The van der Waals surface area contributed by atoms with E-state index in [0.29, 0.717) is 23.7 Å². The first-order valence-electron chi connectivity index (χ1n) is 7.77. The van der Waals surface area contributed by atoms with E-state index in [9.17, 15) is 9.59 Å². The average molecular weight is 300 g/mol. The summed E-state index contributed by atoms with van der Waals surface area (Å²) in [6.07, 6.45) is 6.81. The molecule has 1 aliphatic rings. The van der Waals surface area contributed by atoms with Crippen LogP contribution in [0, 0.1) is 12.8 Å². The summed E-state index contributed by atoms with van der Waals surface area (Å²) in [5.41, 5.74) is 1.87. The van der Waals surface area contributed by atoms with E-state index in [-0.39, 0.29) is 18.1 Å². The normalized spacial score (nSPS) is 15.3. The number of aromatic nitrogens is 2. The van der Waals surface area contributed by atoms with Crippen LogP contribution in [-0.2, 0) is 16.1 Å². The van der Waals surface area contributed by atoms with Crippen LogP contribution < -0.4 is 5.56 Å². The lowest BCUT2D eigenvalue weighted by molar-refractivity contribution is -0.146. The molecule has 116 valence electrons. The largest absolute Gasteiger partial charge is 0.459 e. The molecule has 0 spiro atoms. The molecule has 0 amide bonds. The molecule has 3 rings (SSSR count). The Bertz CT molecular complexity index is 745. The first-order chi connectivity index (χ1) is 10.6. The van der Waals surface area contributed by atoms with Gasteiger partial charge in [-0.15, -0.1) is 0 Å². The minimum absolute atomic E-state index is 0.0611. The molecule has 0 atom stereocenters. The molecule has 0 saturated heterocycles. The van der Waals surface area contributed by atoms with Crippen LogP contribution in [0.3, 0.4) is 0 Å². The van der Waals surface area contributed by atoms with Crippen molar-refractivity contribution in [1.82, 2.24) is 9.38 Å². The highest BCUT2D eigenvalue weighted by Gasteiger charge is 2.19. The van der Waals surface area contributed by atoms with Crippen molar-refractivity contribution in [2.75, 3.05) is 0 Å². The summed E-state index contributed by atoms with van der Waals surface area (Å²) >= 11 is 0. The Hall–Kier alpha value is -2.17. The molecule has 2 aromatic rings. The van der Waals surface area contributed by atoms with Crippen molar-refractivity contribution >= 4 is 11.6 Å². The molecular weight excluding hydrogens is 280 g/mol. The Morgan fingerprint density at radius 3 is 2.95 bits per heavy atom. The fourth-order valence-electron chi connectivity index (χ4n) is 3.05. The smallest absolute Gasteiger partial charge is 0.306 e. The first kappa shape index (κ1) is 14.8. The van der Waals surface area contributed by atoms with Crippen molar-refractivity contribution < 1.29 is 9.53 Å². The van der Waals surface area contributed by atoms with E-state index in [4.69, 9.17) is 4.74 Å². The number of carbonyl (C=O) groups is 1. The number of fused-ring (bicyclic) bond motifs is 1. The highest BCUT2D eigenvalue weighted by Crippen LogP contribution is 2.27. The van der Waals surface area contributed by atoms with Crippen LogP contribution in [0.25, 0.3) is 5.65 Å². The summed E-state index contributed by atoms with van der Waals surface area (Å²) in [5, 5.41) is 0. The van der Waals surface area contributed by atoms with Gasteiger partial charge < -0.3 is 4.74 Å². The van der Waals surface area contributed by atoms with E-state index in [2.05, 4.69) is 4.98 Å². The standard InChI is InChI=1S/C17H20N2O3/c1-12-5-4-8-19-15(20)10-14(18-17(12)19)11-22-16(21)9-13-6-2-3-7-13/h4-5,8,10,13H,2-3,6-7,9,11H2,1H3. The monoisotopic (exact) mass is 300 g/mol. The van der Waals surface area contributed by atoms with E-state index in [1.165, 1.54) is 23.3 Å². The zero-order valence-electron chi connectivity index (χ0n) is 12.7. The van der Waals surface area contributed by atoms with E-state index >= 15 is 0 Å². The lowest BCUT2D eigenvalue weighted by Gasteiger charge is -2.09. The topological polar surface area (TPSA) is 60.7 Å². The third-order valence-electron chi connectivity index (χ3n) is 4.25. The van der Waals surface area contributed by atoms with Crippen LogP contribution in [0.4, 0.5) is 0 Å². The SMILES string of the molecule is Cc1cccn2c(=O)cc(COC(=O)CC3CCCC3)nc12. The van der Waals surface area contributed by atoms with E-state index < -0.39 is 0 Å². The lowest BCUT2D eigenvalue weighted by Crippen LogP contribution is -2.17. The van der Waals surface area contributed by atoms with E-state index in [0.717, 1.165) is 18.4 Å². The van der Waals surface area contributed by atoms with Gasteiger partial charge in [-0.05, 0) is 37.3 Å². The first-order valence-corrected chi connectivity index (χ1v) is 7.77. The quantitative estimate of drug-likeness (QED) is 0.814. The maximum atomic E-state index is 12.1. The number of pyridine rings is 1. The molecule has 0 aliphatic heterocycles. The number of nitrogens with zero attached hydrogens (tertiary/aromatic N) is 2. The molecule has 1 fully saturated rings. The summed E-state index contributed by atoms with van der Waals surface area (Å²) in [6, 6.07) is 5.14. The number of ether oxygens (including phenoxy) is 1. The Balaban J connectivity index is 1.70. The molecule has 5 heteroatoms. The van der Waals surface area contributed by atoms with Crippen LogP contribution in [0.5, 0.6) is 0 Å². The summed E-state index contributed by atoms with van der Waals surface area (Å²) < 4.78 is 6.78. The maximum absolute atomic E-state index is 12.1. The molecule has 0 bridgehead atoms. The highest BCUT2D eigenvalue weighted by molar-refractivity contribution is 5.69. The number of esters is 1. The number of hydrogen-bond donors (Lipinski definition) is 0. The summed E-state index contributed by atoms with van der Waals surface area (Å²) in [6.45, 7) is 1.96. The molecule has 5 nitrogen and oxygen atoms in total. The number of carbonyl (C=O) groups excluding carboxylic acids is 1. The van der Waals surface area contributed by atoms with Gasteiger partial charge in [0.15, 0.2) is 0 Å². The molecule has 1 aliphatic carbocycles. The molecule has 0 radical (unpaired) electrons. The zero-order chi connectivity index (χ0) is 15.5. The third kappa shape index (κ3) is 3.18. The maximum Gasteiger partial charge on any atom is 0.306 e. The Morgan fingerprint density at radius 1 is 1.41 bits per heavy atom. The summed E-state index contributed by atoms with van der Waals surface area (Å²) in [4.78, 5) is 28.3. The second-order valence-electron chi connectivity index (χ2n) is 5.99. The molecule has 2 heterocycles. The van der Waals surface area contributed by atoms with Crippen molar-refractivity contribution in [2.24, 2.45) is 5.92 Å². The zero-order valence-corrected chi connectivity index (χ0v) is 12.7. The molecule has 1 saturated carbocycles. The van der Waals surface area contributed by atoms with E-state index in [1.54, 1.807) is 6.20 Å². The van der Waals surface area contributed by atoms with Crippen molar-refractivity contribution in [3.63, 3.8) is 0 Å². The van der Waals surface area contributed by atoms with Crippen molar-refractivity contribution in [2.45, 2.75) is 45.6 Å². The Morgan fingerprint density at radius 2 is 2.18 bits per heavy atom. The van der Waals surface area contributed by atoms with Gasteiger partial charge in [-0.2, -0.15) is 0 Å². The molecule has 22 heavy (non-hydrogen) atoms. The van der Waals surface area contributed by atoms with E-state index in [1.807, 2.05) is 19.1 Å². The van der Waals surface area contributed by atoms with Gasteiger partial charge in [0.2, 0.25) is 0 Å². The molecule has 2 aromatic heterocycles. The van der Waals surface area contributed by atoms with Gasteiger partial charge >= 0.3 is 5.97 Å². The van der Waals surface area contributed by atoms with Crippen LogP contribution in [0.1, 0.15) is 43.4 Å². The minimum Gasteiger partial charge on any atom is -0.459 e. The fraction of sp³-hybridized carbons (Fsp3) is 0.471. The van der Waals surface area contributed by atoms with Gasteiger partial charge in [-0.1, -0.05) is 18.9 Å². The predicted octanol–water partition coefficient (Wildman–Crippen LogP) is 2.63. The van der Waals surface area contributed by atoms with Gasteiger partial charge in [0.25, 0.3) is 5.56 Å². The van der Waals surface area contributed by atoms with Gasteiger partial charge in [0, 0.05) is 18.7 Å². The lowest BCUT2D eigenvalue weighted by atomic mass is 10.0. The summed E-state index contributed by atoms with van der Waals surface area (Å²) in [7, 11) is 0. The molecular formula is C17H20N2O3. The number of rotatable bonds is 4. The van der Waals surface area contributed by atoms with Crippen molar-refractivity contribution in [1.29, 1.82) is 0 Å². The third-order valence-corrected chi connectivity index (χ3v) is 4.25. The Kier molecular flexibility index (Phi) is 4.22. The van der Waals surface area contributed by atoms with Gasteiger partial charge in [0.05, 0.1) is 5.69 Å². The predicted molar refractivity (Wildman–Crippen MR) is 82.6 cm³/mol. The summed E-state index contributed by atoms with van der Waals surface area (Å²) in [5.74, 6) is 0.267. The second-order valence-corrected chi connectivity index (χ2v) is 5.99. The fourth-order valence-corrected chi connectivity index (χ4v) is 3.05. The molecule has 0 N–H and O–H groups in total. The van der Waals surface area contributed by atoms with Crippen LogP contribution >= 0.6 is 0 Å². The van der Waals surface area contributed by atoms with Gasteiger partial charge in [-0.25, -0.2) is 4.98 Å². The highest BCUT2D eigenvalue weighted by atomic mass is 16.5. The number of hydrogen-bond acceptors (Lipinski definition) is 4. The van der Waals surface area contributed by atoms with Gasteiger partial charge in [0.1, 0.15) is 12.3 Å². The van der Waals surface area contributed by atoms with Crippen LogP contribution in [0.15, 0.2) is 29.2 Å². The number of aryl methyl sites for hydroxylation is 1. The van der Waals surface area contributed by atoms with Crippen LogP contribution in [0.2, 0.25) is 0 Å². The molecule has 0 aromatic carbocycles.